The molecule has 0 saturated carbocycles. The fourth-order valence-electron chi connectivity index (χ4n) is 1.60. The van der Waals surface area contributed by atoms with Gasteiger partial charge in [0.1, 0.15) is 6.33 Å². The van der Waals surface area contributed by atoms with Crippen molar-refractivity contribution in [1.29, 1.82) is 0 Å². The van der Waals surface area contributed by atoms with Gasteiger partial charge in [-0.1, -0.05) is 29.8 Å². The Morgan fingerprint density at radius 3 is 2.65 bits per heavy atom. The van der Waals surface area contributed by atoms with Gasteiger partial charge in [0.25, 0.3) is 0 Å². The Balaban J connectivity index is 2.04. The lowest BCUT2D eigenvalue weighted by Gasteiger charge is -2.17. The molecule has 2 rings (SSSR count). The molecular weight excluding hydrogens is 214 g/mol. The minimum Gasteiger partial charge on any atom is -0.323 e. The fraction of sp³-hybridized carbons (Fsp3) is 0.231. The third-order valence-corrected chi connectivity index (χ3v) is 2.59. The van der Waals surface area contributed by atoms with Crippen molar-refractivity contribution < 1.29 is 4.79 Å². The molecule has 4 nitrogen and oxygen atoms in total. The van der Waals surface area contributed by atoms with E-state index in [0.29, 0.717) is 6.54 Å². The number of rotatable bonds is 2. The highest BCUT2D eigenvalue weighted by atomic mass is 16.2. The van der Waals surface area contributed by atoms with Gasteiger partial charge in [0.15, 0.2) is 0 Å². The lowest BCUT2D eigenvalue weighted by Crippen LogP contribution is -2.29. The highest BCUT2D eigenvalue weighted by Gasteiger charge is 2.10. The minimum atomic E-state index is -0.0805. The molecule has 1 aromatic heterocycles. The molecule has 0 aliphatic heterocycles. The van der Waals surface area contributed by atoms with Crippen LogP contribution in [0.15, 0.2) is 43.0 Å². The summed E-state index contributed by atoms with van der Waals surface area (Å²) in [5, 5.41) is 0. The third-order valence-electron chi connectivity index (χ3n) is 2.59. The molecule has 1 aromatic carbocycles. The number of aromatic nitrogens is 2. The van der Waals surface area contributed by atoms with E-state index in [-0.39, 0.29) is 6.03 Å². The van der Waals surface area contributed by atoms with Gasteiger partial charge < -0.3 is 4.90 Å². The lowest BCUT2D eigenvalue weighted by molar-refractivity contribution is 0.208. The summed E-state index contributed by atoms with van der Waals surface area (Å²) in [4.78, 5) is 17.4. The molecule has 88 valence electrons. The van der Waals surface area contributed by atoms with Gasteiger partial charge in [-0.2, -0.15) is 0 Å². The average molecular weight is 229 g/mol. The monoisotopic (exact) mass is 229 g/mol. The van der Waals surface area contributed by atoms with Crippen molar-refractivity contribution in [2.75, 3.05) is 7.05 Å². The molecule has 17 heavy (non-hydrogen) atoms. The Morgan fingerprint density at radius 2 is 2.06 bits per heavy atom. The van der Waals surface area contributed by atoms with Gasteiger partial charge in [-0.3, -0.25) is 4.57 Å². The number of imidazole rings is 1. The summed E-state index contributed by atoms with van der Waals surface area (Å²) in [6.07, 6.45) is 4.75. The molecule has 2 aromatic rings. The van der Waals surface area contributed by atoms with Crippen LogP contribution in [0.5, 0.6) is 0 Å². The summed E-state index contributed by atoms with van der Waals surface area (Å²) in [7, 11) is 1.78. The summed E-state index contributed by atoms with van der Waals surface area (Å²) in [5.74, 6) is 0. The first-order valence-corrected chi connectivity index (χ1v) is 5.46. The van der Waals surface area contributed by atoms with E-state index in [1.807, 2.05) is 31.2 Å². The zero-order chi connectivity index (χ0) is 12.3. The highest BCUT2D eigenvalue weighted by Crippen LogP contribution is 2.06. The fourth-order valence-corrected chi connectivity index (χ4v) is 1.60. The predicted molar refractivity (Wildman–Crippen MR) is 65.7 cm³/mol. The maximum atomic E-state index is 11.9. The largest absolute Gasteiger partial charge is 0.329 e. The van der Waals surface area contributed by atoms with Gasteiger partial charge in [-0.05, 0) is 12.5 Å². The van der Waals surface area contributed by atoms with Crippen LogP contribution in [-0.4, -0.2) is 27.5 Å². The molecule has 0 spiro atoms. The summed E-state index contributed by atoms with van der Waals surface area (Å²) in [5.41, 5.74) is 2.34. The summed E-state index contributed by atoms with van der Waals surface area (Å²) in [6.45, 7) is 2.64. The maximum absolute atomic E-state index is 11.9. The van der Waals surface area contributed by atoms with E-state index in [0.717, 1.165) is 5.56 Å². The van der Waals surface area contributed by atoms with Gasteiger partial charge in [0, 0.05) is 26.0 Å². The van der Waals surface area contributed by atoms with Crippen molar-refractivity contribution in [2.45, 2.75) is 13.5 Å². The van der Waals surface area contributed by atoms with E-state index in [9.17, 15) is 4.79 Å². The molecule has 0 radical (unpaired) electrons. The molecule has 1 amide bonds. The number of aryl methyl sites for hydroxylation is 1. The zero-order valence-corrected chi connectivity index (χ0v) is 10.00. The summed E-state index contributed by atoms with van der Waals surface area (Å²) < 4.78 is 1.47. The Bertz CT molecular complexity index is 488. The number of hydrogen-bond donors (Lipinski definition) is 0. The maximum Gasteiger partial charge on any atom is 0.329 e. The molecule has 4 heteroatoms. The van der Waals surface area contributed by atoms with Crippen LogP contribution in [0.25, 0.3) is 0 Å². The summed E-state index contributed by atoms with van der Waals surface area (Å²) >= 11 is 0. The quantitative estimate of drug-likeness (QED) is 0.792. The molecule has 1 heterocycles. The molecule has 0 bridgehead atoms. The van der Waals surface area contributed by atoms with E-state index in [1.54, 1.807) is 24.3 Å². The van der Waals surface area contributed by atoms with E-state index < -0.39 is 0 Å². The van der Waals surface area contributed by atoms with Crippen molar-refractivity contribution in [1.82, 2.24) is 14.5 Å². The van der Waals surface area contributed by atoms with E-state index >= 15 is 0 Å². The van der Waals surface area contributed by atoms with E-state index in [1.165, 1.54) is 16.5 Å². The summed E-state index contributed by atoms with van der Waals surface area (Å²) in [6, 6.07) is 8.08. The van der Waals surface area contributed by atoms with Crippen LogP contribution in [0.4, 0.5) is 4.79 Å². The third kappa shape index (κ3) is 2.72. The molecule has 0 N–H and O–H groups in total. The second kappa shape index (κ2) is 4.82. The van der Waals surface area contributed by atoms with Crippen molar-refractivity contribution in [3.63, 3.8) is 0 Å². The molecular formula is C13H15N3O. The number of carbonyl (C=O) groups excluding carboxylic acids is 1. The van der Waals surface area contributed by atoms with Crippen LogP contribution in [0.1, 0.15) is 11.1 Å². The number of nitrogens with zero attached hydrogens (tertiary/aromatic N) is 3. The molecule has 0 fully saturated rings. The van der Waals surface area contributed by atoms with Crippen LogP contribution < -0.4 is 0 Å². The van der Waals surface area contributed by atoms with Gasteiger partial charge in [-0.25, -0.2) is 9.78 Å². The molecule has 0 unspecified atom stereocenters. The second-order valence-corrected chi connectivity index (χ2v) is 4.09. The molecule has 0 atom stereocenters. The first kappa shape index (κ1) is 11.4. The van der Waals surface area contributed by atoms with Crippen molar-refractivity contribution in [3.05, 3.63) is 54.1 Å². The highest BCUT2D eigenvalue weighted by molar-refractivity contribution is 5.76. The normalized spacial score (nSPS) is 10.2. The first-order chi connectivity index (χ1) is 8.16. The first-order valence-electron chi connectivity index (χ1n) is 5.46. The van der Waals surface area contributed by atoms with Crippen molar-refractivity contribution in [2.24, 2.45) is 0 Å². The van der Waals surface area contributed by atoms with E-state index in [4.69, 9.17) is 0 Å². The van der Waals surface area contributed by atoms with Crippen molar-refractivity contribution >= 4 is 6.03 Å². The van der Waals surface area contributed by atoms with Gasteiger partial charge in [0.2, 0.25) is 0 Å². The smallest absolute Gasteiger partial charge is 0.323 e. The average Bonchev–Trinajstić information content (AvgIpc) is 2.84. The van der Waals surface area contributed by atoms with Crippen LogP contribution in [0.3, 0.4) is 0 Å². The Morgan fingerprint density at radius 1 is 1.35 bits per heavy atom. The molecule has 0 saturated heterocycles. The van der Waals surface area contributed by atoms with Crippen LogP contribution in [0.2, 0.25) is 0 Å². The van der Waals surface area contributed by atoms with E-state index in [2.05, 4.69) is 4.98 Å². The standard InChI is InChI=1S/C13H15N3O/c1-11-3-5-12(6-4-11)9-15(2)13(17)16-8-7-14-10-16/h3-8,10H,9H2,1-2H3. The minimum absolute atomic E-state index is 0.0805. The number of benzene rings is 1. The topological polar surface area (TPSA) is 38.1 Å². The number of carbonyl (C=O) groups is 1. The molecule has 0 aliphatic rings. The van der Waals surface area contributed by atoms with Gasteiger partial charge in [0.05, 0.1) is 0 Å². The van der Waals surface area contributed by atoms with Crippen LogP contribution in [-0.2, 0) is 6.54 Å². The van der Waals surface area contributed by atoms with Crippen molar-refractivity contribution in [3.8, 4) is 0 Å². The molecule has 0 aliphatic carbocycles. The Hall–Kier alpha value is -2.10. The van der Waals surface area contributed by atoms with Crippen LogP contribution >= 0.6 is 0 Å². The number of hydrogen-bond acceptors (Lipinski definition) is 2. The Labute approximate surface area is 101 Å². The zero-order valence-electron chi connectivity index (χ0n) is 10.00. The van der Waals surface area contributed by atoms with Gasteiger partial charge in [-0.15, -0.1) is 0 Å². The van der Waals surface area contributed by atoms with Crippen LogP contribution in [0, 0.1) is 6.92 Å². The Kier molecular flexibility index (Phi) is 3.23. The lowest BCUT2D eigenvalue weighted by atomic mass is 10.1. The predicted octanol–water partition coefficient (Wildman–Crippen LogP) is 2.29. The number of amides is 1. The van der Waals surface area contributed by atoms with Gasteiger partial charge >= 0.3 is 6.03 Å². The second-order valence-electron chi connectivity index (χ2n) is 4.09. The SMILES string of the molecule is Cc1ccc(CN(C)C(=O)n2ccnc2)cc1.